The van der Waals surface area contributed by atoms with Gasteiger partial charge in [-0.25, -0.2) is 13.5 Å². The van der Waals surface area contributed by atoms with Crippen LogP contribution in [0.4, 0.5) is 0 Å². The van der Waals surface area contributed by atoms with Crippen LogP contribution in [0.15, 0.2) is 45.9 Å². The number of furan rings is 1. The molecule has 1 fully saturated rings. The Morgan fingerprint density at radius 2 is 1.87 bits per heavy atom. The van der Waals surface area contributed by atoms with Crippen LogP contribution < -0.4 is 0 Å². The third-order valence-electron chi connectivity index (χ3n) is 5.36. The van der Waals surface area contributed by atoms with Gasteiger partial charge in [0.25, 0.3) is 11.8 Å². The summed E-state index contributed by atoms with van der Waals surface area (Å²) in [7, 11) is -1.43. The summed E-state index contributed by atoms with van der Waals surface area (Å²) in [6.45, 7) is 1.63. The Morgan fingerprint density at radius 3 is 2.58 bits per heavy atom. The molecular formula is C21H19N3O6S. The molecule has 1 saturated heterocycles. The second-order valence-corrected chi connectivity index (χ2v) is 8.63. The second kappa shape index (κ2) is 7.97. The molecule has 1 atom stereocenters. The van der Waals surface area contributed by atoms with Crippen LogP contribution in [0.3, 0.4) is 0 Å². The highest BCUT2D eigenvalue weighted by Gasteiger charge is 2.40. The average molecular weight is 441 g/mol. The number of β-amino-alcohol motifs (C(OH)–C–C–N with tert-alkyl or cyclic N) is 1. The lowest BCUT2D eigenvalue weighted by molar-refractivity contribution is 0.0625. The maximum absolute atomic E-state index is 13.1. The minimum absolute atomic E-state index is 0.120. The average Bonchev–Trinajstić information content (AvgIpc) is 3.42. The Balaban J connectivity index is 1.69. The molecule has 1 aromatic carbocycles. The molecule has 9 nitrogen and oxygen atoms in total. The highest BCUT2D eigenvalue weighted by molar-refractivity contribution is 7.82. The van der Waals surface area contributed by atoms with Crippen molar-refractivity contribution in [1.82, 2.24) is 14.2 Å². The number of aliphatic hydroxyl groups excluding tert-OH is 1. The molecule has 1 unspecified atom stereocenters. The largest absolute Gasteiger partial charge is 0.463 e. The number of fused-ring (bicyclic) bond motifs is 3. The van der Waals surface area contributed by atoms with E-state index in [1.165, 1.54) is 6.26 Å². The van der Waals surface area contributed by atoms with E-state index in [1.807, 2.05) is 0 Å². The van der Waals surface area contributed by atoms with E-state index in [4.69, 9.17) is 9.15 Å². The number of pyridine rings is 1. The summed E-state index contributed by atoms with van der Waals surface area (Å²) < 4.78 is 25.6. The van der Waals surface area contributed by atoms with Crippen LogP contribution in [0.2, 0.25) is 0 Å². The molecule has 3 aromatic rings. The molecule has 1 N–H and O–H groups in total. The van der Waals surface area contributed by atoms with Crippen molar-refractivity contribution in [2.75, 3.05) is 39.5 Å². The van der Waals surface area contributed by atoms with Crippen molar-refractivity contribution in [1.29, 1.82) is 0 Å². The van der Waals surface area contributed by atoms with Crippen LogP contribution in [0.1, 0.15) is 20.7 Å². The smallest absolute Gasteiger partial charge is 0.263 e. The quantitative estimate of drug-likeness (QED) is 0.596. The Kier molecular flexibility index (Phi) is 5.14. The number of hydrogen-bond donors (Lipinski definition) is 1. The number of imide groups is 1. The van der Waals surface area contributed by atoms with Crippen LogP contribution in [0.25, 0.3) is 22.4 Å². The van der Waals surface area contributed by atoms with Gasteiger partial charge in [-0.15, -0.1) is 0 Å². The van der Waals surface area contributed by atoms with E-state index in [1.54, 1.807) is 34.6 Å². The molecule has 2 aliphatic heterocycles. The fourth-order valence-corrected chi connectivity index (χ4v) is 5.08. The van der Waals surface area contributed by atoms with Gasteiger partial charge in [0.2, 0.25) is 0 Å². The normalized spacial score (nSPS) is 18.0. The number of nitrogens with zero attached hydrogens (tertiary/aromatic N) is 3. The van der Waals surface area contributed by atoms with E-state index in [-0.39, 0.29) is 30.0 Å². The first-order chi connectivity index (χ1) is 15.1. The van der Waals surface area contributed by atoms with Gasteiger partial charge in [0, 0.05) is 18.5 Å². The lowest BCUT2D eigenvalue weighted by atomic mass is 10.0. The molecule has 2 aliphatic rings. The predicted octanol–water partition coefficient (Wildman–Crippen LogP) is 1.44. The summed E-state index contributed by atoms with van der Waals surface area (Å²) in [5, 5.41) is 9.78. The molecule has 160 valence electrons. The number of carbonyl (C=O) groups is 2. The van der Waals surface area contributed by atoms with Gasteiger partial charge in [-0.1, -0.05) is 0 Å². The number of carbonyl (C=O) groups excluding carboxylic acids is 2. The standard InChI is InChI=1S/C21H19N3O6S/c25-8-5-24-20(26)17-14-12-13(31(28)23-6-10-29-11-7-23)3-4-15(14)22-19(18(17)21(24)27)16-2-1-9-30-16/h1-4,9,12,25H,5-8,10-11H2. The van der Waals surface area contributed by atoms with Gasteiger partial charge in [0.05, 0.1) is 54.2 Å². The number of ether oxygens (including phenoxy) is 1. The minimum atomic E-state index is -1.43. The molecule has 2 aromatic heterocycles. The SMILES string of the molecule is O=C1c2c(-c3ccco3)nc3ccc(S(=O)N4CCOCC4)cc3c2C(=O)N1CCO. The summed E-state index contributed by atoms with van der Waals surface area (Å²) in [5.74, 6) is -0.677. The van der Waals surface area contributed by atoms with Crippen LogP contribution in [0, 0.1) is 0 Å². The van der Waals surface area contributed by atoms with E-state index < -0.39 is 22.8 Å². The topological polar surface area (TPSA) is 113 Å². The van der Waals surface area contributed by atoms with E-state index >= 15 is 0 Å². The third kappa shape index (κ3) is 3.28. The second-order valence-electron chi connectivity index (χ2n) is 7.14. The van der Waals surface area contributed by atoms with E-state index in [0.717, 1.165) is 4.90 Å². The van der Waals surface area contributed by atoms with Crippen molar-refractivity contribution in [2.45, 2.75) is 4.90 Å². The zero-order valence-electron chi connectivity index (χ0n) is 16.4. The highest BCUT2D eigenvalue weighted by atomic mass is 32.2. The fourth-order valence-electron chi connectivity index (χ4n) is 3.90. The molecule has 31 heavy (non-hydrogen) atoms. The van der Waals surface area contributed by atoms with E-state index in [2.05, 4.69) is 4.98 Å². The lowest BCUT2D eigenvalue weighted by Gasteiger charge is -2.25. The number of rotatable bonds is 5. The van der Waals surface area contributed by atoms with E-state index in [0.29, 0.717) is 47.9 Å². The number of hydrogen-bond acceptors (Lipinski definition) is 7. The highest BCUT2D eigenvalue weighted by Crippen LogP contribution is 2.37. The van der Waals surface area contributed by atoms with Crippen molar-refractivity contribution in [3.05, 3.63) is 47.7 Å². The first-order valence-electron chi connectivity index (χ1n) is 9.83. The van der Waals surface area contributed by atoms with Gasteiger partial charge in [-0.2, -0.15) is 0 Å². The number of morpholine rings is 1. The first-order valence-corrected chi connectivity index (χ1v) is 10.9. The number of amides is 2. The maximum Gasteiger partial charge on any atom is 0.263 e. The van der Waals surface area contributed by atoms with E-state index in [9.17, 15) is 18.9 Å². The van der Waals surface area contributed by atoms with Gasteiger partial charge >= 0.3 is 0 Å². The molecule has 0 aliphatic carbocycles. The third-order valence-corrected chi connectivity index (χ3v) is 6.85. The number of aliphatic hydroxyl groups is 1. The van der Waals surface area contributed by atoms with Gasteiger partial charge in [0.1, 0.15) is 16.7 Å². The minimum Gasteiger partial charge on any atom is -0.463 e. The molecule has 10 heteroatoms. The van der Waals surface area contributed by atoms with Crippen molar-refractivity contribution in [3.8, 4) is 11.5 Å². The molecule has 5 rings (SSSR count). The molecular weight excluding hydrogens is 422 g/mol. The van der Waals surface area contributed by atoms with Crippen molar-refractivity contribution >= 4 is 33.7 Å². The Bertz CT molecular complexity index is 1200. The predicted molar refractivity (Wildman–Crippen MR) is 111 cm³/mol. The van der Waals surface area contributed by atoms with Crippen LogP contribution in [-0.2, 0) is 15.7 Å². The molecule has 4 heterocycles. The van der Waals surface area contributed by atoms with Crippen LogP contribution in [-0.4, -0.2) is 74.8 Å². The van der Waals surface area contributed by atoms with Gasteiger partial charge in [0.15, 0.2) is 5.76 Å². The zero-order valence-corrected chi connectivity index (χ0v) is 17.3. The lowest BCUT2D eigenvalue weighted by Crippen LogP contribution is -2.37. The fraction of sp³-hybridized carbons (Fsp3) is 0.286. The number of benzene rings is 1. The van der Waals surface area contributed by atoms with Crippen LogP contribution >= 0.6 is 0 Å². The Labute approximate surface area is 179 Å². The van der Waals surface area contributed by atoms with Crippen molar-refractivity contribution in [2.24, 2.45) is 0 Å². The van der Waals surface area contributed by atoms with Crippen molar-refractivity contribution < 1.29 is 28.1 Å². The summed E-state index contributed by atoms with van der Waals surface area (Å²) in [5.41, 5.74) is 1.08. The monoisotopic (exact) mass is 441 g/mol. The Morgan fingerprint density at radius 1 is 1.10 bits per heavy atom. The zero-order chi connectivity index (χ0) is 21.5. The molecule has 0 bridgehead atoms. The summed E-state index contributed by atoms with van der Waals surface area (Å²) in [6, 6.07) is 8.41. The molecule has 2 amide bonds. The summed E-state index contributed by atoms with van der Waals surface area (Å²) in [6.07, 6.45) is 1.47. The van der Waals surface area contributed by atoms with Gasteiger partial charge < -0.3 is 14.3 Å². The number of aromatic nitrogens is 1. The summed E-state index contributed by atoms with van der Waals surface area (Å²) >= 11 is 0. The first kappa shape index (κ1) is 20.0. The van der Waals surface area contributed by atoms with Gasteiger partial charge in [-0.3, -0.25) is 14.5 Å². The van der Waals surface area contributed by atoms with Crippen LogP contribution in [0.5, 0.6) is 0 Å². The molecule has 0 radical (unpaired) electrons. The van der Waals surface area contributed by atoms with Gasteiger partial charge in [-0.05, 0) is 30.3 Å². The summed E-state index contributed by atoms with van der Waals surface area (Å²) in [4.78, 5) is 32.3. The van der Waals surface area contributed by atoms with Crippen molar-refractivity contribution in [3.63, 3.8) is 0 Å². The Hall–Kier alpha value is -2.92. The molecule has 0 saturated carbocycles. The molecule has 0 spiro atoms. The maximum atomic E-state index is 13.1.